The van der Waals surface area contributed by atoms with Crippen LogP contribution in [0.1, 0.15) is 32.3 Å². The molecule has 2 rings (SSSR count). The Balaban J connectivity index is 1.84. The van der Waals surface area contributed by atoms with Crippen molar-refractivity contribution in [1.82, 2.24) is 10.2 Å². The standard InChI is InChI=1S/C18H28N2O3/c1-4-16(23-17-9-6-5-8-14(17)2)12-19-18(21)20-10-7-11-22-15(3)13-20/h5-6,8-9,15-16H,4,7,10-13H2,1-3H3,(H,19,21). The maximum Gasteiger partial charge on any atom is 0.317 e. The molecule has 0 saturated carbocycles. The van der Waals surface area contributed by atoms with Gasteiger partial charge in [0.15, 0.2) is 0 Å². The highest BCUT2D eigenvalue weighted by molar-refractivity contribution is 5.74. The lowest BCUT2D eigenvalue weighted by molar-refractivity contribution is 0.0708. The van der Waals surface area contributed by atoms with E-state index in [0.717, 1.165) is 37.3 Å². The Kier molecular flexibility index (Phi) is 6.71. The number of ether oxygens (including phenoxy) is 2. The lowest BCUT2D eigenvalue weighted by Crippen LogP contribution is -2.45. The van der Waals surface area contributed by atoms with Gasteiger partial charge in [-0.1, -0.05) is 25.1 Å². The number of carbonyl (C=O) groups excluding carboxylic acids is 1. The molecule has 2 atom stereocenters. The molecule has 128 valence electrons. The highest BCUT2D eigenvalue weighted by Gasteiger charge is 2.20. The van der Waals surface area contributed by atoms with Crippen molar-refractivity contribution in [1.29, 1.82) is 0 Å². The van der Waals surface area contributed by atoms with Gasteiger partial charge in [-0.25, -0.2) is 4.79 Å². The normalized spacial score (nSPS) is 19.8. The van der Waals surface area contributed by atoms with Crippen LogP contribution in [0.4, 0.5) is 4.79 Å². The third kappa shape index (κ3) is 5.43. The average Bonchev–Trinajstić information content (AvgIpc) is 2.77. The Morgan fingerprint density at radius 1 is 1.48 bits per heavy atom. The third-order valence-electron chi connectivity index (χ3n) is 4.06. The largest absolute Gasteiger partial charge is 0.488 e. The molecule has 1 aliphatic heterocycles. The summed E-state index contributed by atoms with van der Waals surface area (Å²) in [5.74, 6) is 0.880. The van der Waals surface area contributed by atoms with Crippen molar-refractivity contribution >= 4 is 6.03 Å². The predicted molar refractivity (Wildman–Crippen MR) is 90.9 cm³/mol. The third-order valence-corrected chi connectivity index (χ3v) is 4.06. The summed E-state index contributed by atoms with van der Waals surface area (Å²) in [4.78, 5) is 14.2. The van der Waals surface area contributed by atoms with Crippen LogP contribution < -0.4 is 10.1 Å². The molecule has 1 aliphatic rings. The molecule has 1 heterocycles. The van der Waals surface area contributed by atoms with Crippen molar-refractivity contribution in [3.63, 3.8) is 0 Å². The van der Waals surface area contributed by atoms with E-state index >= 15 is 0 Å². The van der Waals surface area contributed by atoms with E-state index in [1.807, 2.05) is 43.0 Å². The van der Waals surface area contributed by atoms with Crippen LogP contribution in [0.5, 0.6) is 5.75 Å². The van der Waals surface area contributed by atoms with E-state index in [9.17, 15) is 4.79 Å². The molecule has 1 N–H and O–H groups in total. The van der Waals surface area contributed by atoms with E-state index in [1.165, 1.54) is 0 Å². The summed E-state index contributed by atoms with van der Waals surface area (Å²) in [7, 11) is 0. The summed E-state index contributed by atoms with van der Waals surface area (Å²) in [5, 5.41) is 3.00. The number of amides is 2. The number of aryl methyl sites for hydroxylation is 1. The van der Waals surface area contributed by atoms with Crippen LogP contribution in [0.15, 0.2) is 24.3 Å². The van der Waals surface area contributed by atoms with Crippen molar-refractivity contribution in [3.05, 3.63) is 29.8 Å². The minimum absolute atomic E-state index is 0.0271. The SMILES string of the molecule is CCC(CNC(=O)N1CCCOC(C)C1)Oc1ccccc1C. The number of nitrogens with one attached hydrogen (secondary N) is 1. The van der Waals surface area contributed by atoms with Gasteiger partial charge in [-0.15, -0.1) is 0 Å². The zero-order valence-corrected chi connectivity index (χ0v) is 14.4. The number of urea groups is 1. The molecule has 1 fully saturated rings. The van der Waals surface area contributed by atoms with Crippen LogP contribution in [-0.2, 0) is 4.74 Å². The quantitative estimate of drug-likeness (QED) is 0.907. The van der Waals surface area contributed by atoms with Crippen molar-refractivity contribution in [2.75, 3.05) is 26.2 Å². The number of benzene rings is 1. The molecule has 1 aromatic carbocycles. The minimum Gasteiger partial charge on any atom is -0.488 e. The van der Waals surface area contributed by atoms with Crippen molar-refractivity contribution in [2.24, 2.45) is 0 Å². The second-order valence-electron chi connectivity index (χ2n) is 6.08. The van der Waals surface area contributed by atoms with Gasteiger partial charge >= 0.3 is 6.03 Å². The van der Waals surface area contributed by atoms with Gasteiger partial charge in [-0.2, -0.15) is 0 Å². The molecule has 0 aromatic heterocycles. The van der Waals surface area contributed by atoms with E-state index in [-0.39, 0.29) is 18.2 Å². The fourth-order valence-corrected chi connectivity index (χ4v) is 2.63. The fourth-order valence-electron chi connectivity index (χ4n) is 2.63. The second kappa shape index (κ2) is 8.77. The molecule has 2 unspecified atom stereocenters. The molecule has 0 spiro atoms. The van der Waals surface area contributed by atoms with Gasteiger partial charge in [0.1, 0.15) is 11.9 Å². The van der Waals surface area contributed by atoms with E-state index < -0.39 is 0 Å². The highest BCUT2D eigenvalue weighted by Crippen LogP contribution is 2.18. The van der Waals surface area contributed by atoms with Gasteiger partial charge < -0.3 is 19.7 Å². The van der Waals surface area contributed by atoms with Gasteiger partial charge in [0.2, 0.25) is 0 Å². The molecule has 0 radical (unpaired) electrons. The molecule has 0 aliphatic carbocycles. The monoisotopic (exact) mass is 320 g/mol. The Hall–Kier alpha value is -1.75. The van der Waals surface area contributed by atoms with Gasteiger partial charge in [0.05, 0.1) is 12.6 Å². The second-order valence-corrected chi connectivity index (χ2v) is 6.08. The summed E-state index contributed by atoms with van der Waals surface area (Å²) >= 11 is 0. The Morgan fingerprint density at radius 2 is 2.26 bits per heavy atom. The fraction of sp³-hybridized carbons (Fsp3) is 0.611. The van der Waals surface area contributed by atoms with E-state index in [4.69, 9.17) is 9.47 Å². The Labute approximate surface area is 139 Å². The van der Waals surface area contributed by atoms with Gasteiger partial charge in [0.25, 0.3) is 0 Å². The molecule has 2 amide bonds. The summed E-state index contributed by atoms with van der Waals surface area (Å²) < 4.78 is 11.6. The Morgan fingerprint density at radius 3 is 3.00 bits per heavy atom. The predicted octanol–water partition coefficient (Wildman–Crippen LogP) is 2.97. The van der Waals surface area contributed by atoms with Gasteiger partial charge in [0, 0.05) is 19.7 Å². The van der Waals surface area contributed by atoms with Crippen LogP contribution in [0.3, 0.4) is 0 Å². The molecular weight excluding hydrogens is 292 g/mol. The zero-order chi connectivity index (χ0) is 16.7. The van der Waals surface area contributed by atoms with Crippen LogP contribution in [-0.4, -0.2) is 49.4 Å². The van der Waals surface area contributed by atoms with Crippen molar-refractivity contribution in [3.8, 4) is 5.75 Å². The Bertz CT molecular complexity index is 507. The van der Waals surface area contributed by atoms with Gasteiger partial charge in [-0.05, 0) is 38.3 Å². The summed E-state index contributed by atoms with van der Waals surface area (Å²) in [6, 6.07) is 7.92. The van der Waals surface area contributed by atoms with E-state index in [2.05, 4.69) is 12.2 Å². The first-order valence-corrected chi connectivity index (χ1v) is 8.46. The molecule has 0 bridgehead atoms. The zero-order valence-electron chi connectivity index (χ0n) is 14.4. The maximum absolute atomic E-state index is 12.3. The van der Waals surface area contributed by atoms with Crippen LogP contribution in [0.25, 0.3) is 0 Å². The number of hydrogen-bond acceptors (Lipinski definition) is 3. The topological polar surface area (TPSA) is 50.8 Å². The minimum atomic E-state index is -0.0332. The smallest absolute Gasteiger partial charge is 0.317 e. The number of rotatable bonds is 5. The summed E-state index contributed by atoms with van der Waals surface area (Å²) in [6.45, 7) is 8.71. The average molecular weight is 320 g/mol. The summed E-state index contributed by atoms with van der Waals surface area (Å²) in [5.41, 5.74) is 1.11. The highest BCUT2D eigenvalue weighted by atomic mass is 16.5. The van der Waals surface area contributed by atoms with Gasteiger partial charge in [-0.3, -0.25) is 0 Å². The number of nitrogens with zero attached hydrogens (tertiary/aromatic N) is 1. The van der Waals surface area contributed by atoms with Crippen molar-refractivity contribution in [2.45, 2.75) is 45.8 Å². The number of para-hydroxylation sites is 1. The maximum atomic E-state index is 12.3. The lowest BCUT2D eigenvalue weighted by atomic mass is 10.2. The first-order valence-electron chi connectivity index (χ1n) is 8.46. The summed E-state index contributed by atoms with van der Waals surface area (Å²) in [6.07, 6.45) is 1.79. The molecular formula is C18H28N2O3. The molecule has 5 nitrogen and oxygen atoms in total. The van der Waals surface area contributed by atoms with Crippen LogP contribution >= 0.6 is 0 Å². The van der Waals surface area contributed by atoms with Crippen LogP contribution in [0.2, 0.25) is 0 Å². The first kappa shape index (κ1) is 17.6. The van der Waals surface area contributed by atoms with E-state index in [0.29, 0.717) is 13.1 Å². The first-order chi connectivity index (χ1) is 11.1. The number of hydrogen-bond donors (Lipinski definition) is 1. The number of carbonyl (C=O) groups is 1. The van der Waals surface area contributed by atoms with E-state index in [1.54, 1.807) is 0 Å². The molecule has 5 heteroatoms. The molecule has 23 heavy (non-hydrogen) atoms. The lowest BCUT2D eigenvalue weighted by Gasteiger charge is -2.25. The molecule has 1 saturated heterocycles. The van der Waals surface area contributed by atoms with Crippen molar-refractivity contribution < 1.29 is 14.3 Å². The molecule has 1 aromatic rings. The van der Waals surface area contributed by atoms with Crippen LogP contribution in [0, 0.1) is 6.92 Å².